The highest BCUT2D eigenvalue weighted by atomic mass is 16.5. The molecule has 2 fully saturated rings. The molecule has 40 heavy (non-hydrogen) atoms. The molecule has 1 saturated heterocycles. The first kappa shape index (κ1) is 30.1. The Balaban J connectivity index is 1.32. The van der Waals surface area contributed by atoms with Crippen LogP contribution in [-0.4, -0.2) is 60.7 Å². The maximum atomic E-state index is 13.4. The minimum Gasteiger partial charge on any atom is -0.490 e. The Kier molecular flexibility index (Phi) is 9.57. The fraction of sp³-hybridized carbons (Fsp3) is 0.576. The van der Waals surface area contributed by atoms with E-state index in [-0.39, 0.29) is 17.9 Å². The second-order valence-corrected chi connectivity index (χ2v) is 12.9. The number of anilines is 1. The van der Waals surface area contributed by atoms with Crippen molar-refractivity contribution < 1.29 is 19.4 Å². The summed E-state index contributed by atoms with van der Waals surface area (Å²) in [4.78, 5) is 29.7. The molecule has 0 radical (unpaired) electrons. The number of carboxylic acid groups (broad SMARTS) is 1. The molecule has 2 atom stereocenters. The van der Waals surface area contributed by atoms with Crippen molar-refractivity contribution in [1.82, 2.24) is 10.2 Å². The first-order valence-electron chi connectivity index (χ1n) is 14.7. The van der Waals surface area contributed by atoms with Gasteiger partial charge in [0.15, 0.2) is 0 Å². The van der Waals surface area contributed by atoms with Gasteiger partial charge in [-0.15, -0.1) is 0 Å². The SMILES string of the molecule is Cc1cc(N(C)C(=O)[C@H]2CC[C@H](Oc3cccc(C(C(=O)O)C(C)(C)C)c3)CC2)ccc1CN1CCN[C@@H](C)C1. The van der Waals surface area contributed by atoms with E-state index in [1.165, 1.54) is 11.1 Å². The van der Waals surface area contributed by atoms with Gasteiger partial charge in [-0.05, 0) is 85.9 Å². The molecule has 1 amide bonds. The maximum absolute atomic E-state index is 13.4. The number of aryl methyl sites for hydroxylation is 1. The predicted octanol–water partition coefficient (Wildman–Crippen LogP) is 5.60. The van der Waals surface area contributed by atoms with Crippen LogP contribution in [0.3, 0.4) is 0 Å². The number of carbonyl (C=O) groups excluding carboxylic acids is 1. The highest BCUT2D eigenvalue weighted by Gasteiger charge is 2.34. The topological polar surface area (TPSA) is 82.1 Å². The second-order valence-electron chi connectivity index (χ2n) is 12.9. The van der Waals surface area contributed by atoms with E-state index in [9.17, 15) is 14.7 Å². The van der Waals surface area contributed by atoms with Gasteiger partial charge in [0.1, 0.15) is 5.75 Å². The fourth-order valence-electron chi connectivity index (χ4n) is 6.26. The van der Waals surface area contributed by atoms with Crippen LogP contribution >= 0.6 is 0 Å². The molecule has 0 bridgehead atoms. The van der Waals surface area contributed by atoms with Crippen molar-refractivity contribution in [3.63, 3.8) is 0 Å². The van der Waals surface area contributed by atoms with E-state index in [2.05, 4.69) is 42.3 Å². The van der Waals surface area contributed by atoms with Gasteiger partial charge >= 0.3 is 5.97 Å². The second kappa shape index (κ2) is 12.7. The molecular weight excluding hydrogens is 502 g/mol. The highest BCUT2D eigenvalue weighted by molar-refractivity contribution is 5.94. The summed E-state index contributed by atoms with van der Waals surface area (Å²) >= 11 is 0. The Morgan fingerprint density at radius 1 is 1.12 bits per heavy atom. The summed E-state index contributed by atoms with van der Waals surface area (Å²) < 4.78 is 6.28. The molecule has 0 spiro atoms. The van der Waals surface area contributed by atoms with Crippen LogP contribution < -0.4 is 15.0 Å². The molecule has 1 aliphatic carbocycles. The maximum Gasteiger partial charge on any atom is 0.311 e. The molecule has 1 saturated carbocycles. The van der Waals surface area contributed by atoms with Gasteiger partial charge in [0, 0.05) is 50.9 Å². The number of hydrogen-bond donors (Lipinski definition) is 2. The van der Waals surface area contributed by atoms with Gasteiger partial charge < -0.3 is 20.1 Å². The molecular formula is C33H47N3O4. The van der Waals surface area contributed by atoms with Gasteiger partial charge in [0.2, 0.25) is 5.91 Å². The zero-order valence-corrected chi connectivity index (χ0v) is 25.1. The average Bonchev–Trinajstić information content (AvgIpc) is 2.89. The van der Waals surface area contributed by atoms with Crippen molar-refractivity contribution in [2.75, 3.05) is 31.6 Å². The van der Waals surface area contributed by atoms with Crippen molar-refractivity contribution in [3.05, 3.63) is 59.2 Å². The molecule has 4 rings (SSSR count). The molecule has 1 aliphatic heterocycles. The Morgan fingerprint density at radius 2 is 1.85 bits per heavy atom. The number of piperazine rings is 1. The molecule has 2 aromatic carbocycles. The van der Waals surface area contributed by atoms with Gasteiger partial charge in [-0.1, -0.05) is 39.0 Å². The van der Waals surface area contributed by atoms with Crippen molar-refractivity contribution in [2.45, 2.75) is 84.9 Å². The predicted molar refractivity (Wildman–Crippen MR) is 160 cm³/mol. The van der Waals surface area contributed by atoms with Crippen LogP contribution in [0.15, 0.2) is 42.5 Å². The fourth-order valence-corrected chi connectivity index (χ4v) is 6.26. The molecule has 7 nitrogen and oxygen atoms in total. The first-order valence-corrected chi connectivity index (χ1v) is 14.7. The molecule has 7 heteroatoms. The summed E-state index contributed by atoms with van der Waals surface area (Å²) in [7, 11) is 1.89. The zero-order chi connectivity index (χ0) is 29.0. The number of carboxylic acids is 1. The van der Waals surface area contributed by atoms with E-state index in [4.69, 9.17) is 4.74 Å². The zero-order valence-electron chi connectivity index (χ0n) is 25.1. The number of ether oxygens (including phenoxy) is 1. The lowest BCUT2D eigenvalue weighted by Crippen LogP contribution is -2.48. The minimum atomic E-state index is -0.827. The lowest BCUT2D eigenvalue weighted by molar-refractivity contribution is -0.141. The molecule has 2 N–H and O–H groups in total. The van der Waals surface area contributed by atoms with Crippen molar-refractivity contribution in [3.8, 4) is 5.75 Å². The number of amides is 1. The van der Waals surface area contributed by atoms with Crippen LogP contribution in [-0.2, 0) is 16.1 Å². The Hall–Kier alpha value is -2.90. The van der Waals surface area contributed by atoms with Crippen LogP contribution in [0.1, 0.15) is 76.0 Å². The summed E-state index contributed by atoms with van der Waals surface area (Å²) in [5, 5.41) is 13.3. The van der Waals surface area contributed by atoms with Crippen LogP contribution in [0.5, 0.6) is 5.75 Å². The van der Waals surface area contributed by atoms with Gasteiger partial charge in [0.25, 0.3) is 0 Å². The first-order chi connectivity index (χ1) is 18.9. The Labute approximate surface area is 239 Å². The molecule has 2 aliphatic rings. The monoisotopic (exact) mass is 549 g/mol. The van der Waals surface area contributed by atoms with Gasteiger partial charge in [-0.2, -0.15) is 0 Å². The normalized spacial score (nSPS) is 22.9. The third-order valence-electron chi connectivity index (χ3n) is 8.52. The molecule has 1 unspecified atom stereocenters. The number of hydrogen-bond acceptors (Lipinski definition) is 5. The molecule has 2 aromatic rings. The van der Waals surface area contributed by atoms with E-state index in [0.717, 1.165) is 63.1 Å². The third-order valence-corrected chi connectivity index (χ3v) is 8.52. The van der Waals surface area contributed by atoms with Gasteiger partial charge in [0.05, 0.1) is 12.0 Å². The van der Waals surface area contributed by atoms with Gasteiger partial charge in [-0.3, -0.25) is 14.5 Å². The van der Waals surface area contributed by atoms with E-state index in [1.54, 1.807) is 0 Å². The van der Waals surface area contributed by atoms with Crippen molar-refractivity contribution in [2.24, 2.45) is 11.3 Å². The van der Waals surface area contributed by atoms with E-state index in [1.807, 2.05) is 57.0 Å². The number of rotatable bonds is 8. The number of nitrogens with zero attached hydrogens (tertiary/aromatic N) is 2. The summed E-state index contributed by atoms with van der Waals surface area (Å²) in [5.74, 6) is -0.588. The van der Waals surface area contributed by atoms with Gasteiger partial charge in [-0.25, -0.2) is 0 Å². The van der Waals surface area contributed by atoms with Crippen LogP contribution in [0.25, 0.3) is 0 Å². The van der Waals surface area contributed by atoms with Crippen LogP contribution in [0, 0.1) is 18.3 Å². The summed E-state index contributed by atoms with van der Waals surface area (Å²) in [6.07, 6.45) is 3.20. The smallest absolute Gasteiger partial charge is 0.311 e. The number of carbonyl (C=O) groups is 2. The van der Waals surface area contributed by atoms with Crippen molar-refractivity contribution >= 4 is 17.6 Å². The lowest BCUT2D eigenvalue weighted by Gasteiger charge is -2.33. The Morgan fingerprint density at radius 3 is 2.48 bits per heavy atom. The quantitative estimate of drug-likeness (QED) is 0.446. The highest BCUT2D eigenvalue weighted by Crippen LogP contribution is 2.37. The van der Waals surface area contributed by atoms with Crippen LogP contribution in [0.4, 0.5) is 5.69 Å². The lowest BCUT2D eigenvalue weighted by atomic mass is 9.76. The van der Waals surface area contributed by atoms with E-state index >= 15 is 0 Å². The summed E-state index contributed by atoms with van der Waals surface area (Å²) in [6.45, 7) is 14.3. The molecule has 218 valence electrons. The largest absolute Gasteiger partial charge is 0.490 e. The standard InChI is InChI=1S/C33H47N3O4/c1-22-18-27(13-10-26(22)21-36-17-16-34-23(2)20-36)35(6)31(37)24-11-14-28(15-12-24)40-29-9-7-8-25(19-29)30(32(38)39)33(3,4)5/h7-10,13,18-19,23-24,28,30,34H,11-12,14-17,20-21H2,1-6H3,(H,38,39)/t23-,24-,28-,30?/m0/s1. The number of nitrogens with one attached hydrogen (secondary N) is 1. The summed E-state index contributed by atoms with van der Waals surface area (Å²) in [5.41, 5.74) is 3.84. The minimum absolute atomic E-state index is 0.0178. The van der Waals surface area contributed by atoms with E-state index < -0.39 is 17.3 Å². The van der Waals surface area contributed by atoms with E-state index in [0.29, 0.717) is 11.8 Å². The third kappa shape index (κ3) is 7.43. The molecule has 0 aromatic heterocycles. The average molecular weight is 550 g/mol. The summed E-state index contributed by atoms with van der Waals surface area (Å²) in [6, 6.07) is 14.4. The van der Waals surface area contributed by atoms with Crippen LogP contribution in [0.2, 0.25) is 0 Å². The number of benzene rings is 2. The molecule has 1 heterocycles. The van der Waals surface area contributed by atoms with Crippen molar-refractivity contribution in [1.29, 1.82) is 0 Å². The number of aliphatic carboxylic acids is 1. The Bertz CT molecular complexity index is 1180.